The molecule has 1 heterocycles. The molecule has 7 nitrogen and oxygen atoms in total. The number of halogens is 1. The SMILES string of the molecule is C=CC[C@H](C(=O)O)[C@H](NC(=O)OC(C)(C)C)C(=O)N1CC[C@H](F)C1. The number of carboxylic acid groups (broad SMARTS) is 1. The van der Waals surface area contributed by atoms with Gasteiger partial charge in [-0.25, -0.2) is 9.18 Å². The molecular weight excluding hydrogens is 319 g/mol. The summed E-state index contributed by atoms with van der Waals surface area (Å²) < 4.78 is 18.4. The van der Waals surface area contributed by atoms with Crippen LogP contribution >= 0.6 is 0 Å². The van der Waals surface area contributed by atoms with Crippen molar-refractivity contribution in [3.8, 4) is 0 Å². The van der Waals surface area contributed by atoms with E-state index in [1.807, 2.05) is 0 Å². The second-order valence-electron chi connectivity index (χ2n) is 6.76. The highest BCUT2D eigenvalue weighted by atomic mass is 19.1. The lowest BCUT2D eigenvalue weighted by Crippen LogP contribution is -2.54. The van der Waals surface area contributed by atoms with Gasteiger partial charge in [0, 0.05) is 6.54 Å². The maximum atomic E-state index is 13.4. The van der Waals surface area contributed by atoms with Crippen LogP contribution in [0.25, 0.3) is 0 Å². The van der Waals surface area contributed by atoms with E-state index < -0.39 is 41.7 Å². The number of nitrogens with zero attached hydrogens (tertiary/aromatic N) is 1. The summed E-state index contributed by atoms with van der Waals surface area (Å²) in [5.74, 6) is -3.09. The number of alkyl carbamates (subject to hydrolysis) is 1. The van der Waals surface area contributed by atoms with Crippen LogP contribution in [0.2, 0.25) is 0 Å². The molecular formula is C16H25FN2O5. The number of nitrogens with one attached hydrogen (secondary N) is 1. The van der Waals surface area contributed by atoms with E-state index >= 15 is 0 Å². The Morgan fingerprint density at radius 1 is 1.46 bits per heavy atom. The van der Waals surface area contributed by atoms with Gasteiger partial charge in [0.05, 0.1) is 12.5 Å². The Morgan fingerprint density at radius 3 is 2.50 bits per heavy atom. The van der Waals surface area contributed by atoms with Crippen molar-refractivity contribution in [1.29, 1.82) is 0 Å². The van der Waals surface area contributed by atoms with E-state index in [0.717, 1.165) is 0 Å². The second kappa shape index (κ2) is 8.12. The Balaban J connectivity index is 2.97. The summed E-state index contributed by atoms with van der Waals surface area (Å²) in [6.07, 6.45) is -0.498. The van der Waals surface area contributed by atoms with Crippen LogP contribution in [0.3, 0.4) is 0 Å². The van der Waals surface area contributed by atoms with Gasteiger partial charge in [-0.3, -0.25) is 9.59 Å². The number of carbonyl (C=O) groups is 3. The summed E-state index contributed by atoms with van der Waals surface area (Å²) in [6.45, 7) is 8.51. The van der Waals surface area contributed by atoms with Crippen LogP contribution in [0.15, 0.2) is 12.7 Å². The number of rotatable bonds is 6. The van der Waals surface area contributed by atoms with Crippen LogP contribution in [-0.4, -0.2) is 58.9 Å². The molecule has 1 aliphatic rings. The zero-order valence-corrected chi connectivity index (χ0v) is 14.3. The molecule has 8 heteroatoms. The average molecular weight is 344 g/mol. The number of ether oxygens (including phenoxy) is 1. The highest BCUT2D eigenvalue weighted by molar-refractivity contribution is 5.90. The molecule has 0 saturated carbocycles. The molecule has 0 aliphatic carbocycles. The predicted octanol–water partition coefficient (Wildman–Crippen LogP) is 1.73. The average Bonchev–Trinajstić information content (AvgIpc) is 2.86. The molecule has 0 aromatic heterocycles. The number of hydrogen-bond donors (Lipinski definition) is 2. The third-order valence-corrected chi connectivity index (χ3v) is 3.52. The Morgan fingerprint density at radius 2 is 2.08 bits per heavy atom. The largest absolute Gasteiger partial charge is 0.481 e. The minimum Gasteiger partial charge on any atom is -0.481 e. The first kappa shape index (κ1) is 19.9. The summed E-state index contributed by atoms with van der Waals surface area (Å²) >= 11 is 0. The standard InChI is InChI=1S/C16H25FN2O5/c1-5-6-11(14(21)22)12(18-15(23)24-16(2,3)4)13(20)19-8-7-10(17)9-19/h5,10-12H,1,6-9H2,2-4H3,(H,18,23)(H,21,22)/t10-,11-,12-/m0/s1. The van der Waals surface area contributed by atoms with Crippen LogP contribution in [0.1, 0.15) is 33.6 Å². The van der Waals surface area contributed by atoms with Gasteiger partial charge in [-0.15, -0.1) is 6.58 Å². The zero-order chi connectivity index (χ0) is 18.5. The zero-order valence-electron chi connectivity index (χ0n) is 14.3. The number of amides is 2. The number of alkyl halides is 1. The highest BCUT2D eigenvalue weighted by Crippen LogP contribution is 2.19. The van der Waals surface area contributed by atoms with E-state index in [2.05, 4.69) is 11.9 Å². The third kappa shape index (κ3) is 5.82. The molecule has 0 bridgehead atoms. The topological polar surface area (TPSA) is 95.9 Å². The molecule has 2 amide bonds. The van der Waals surface area contributed by atoms with E-state index in [1.54, 1.807) is 20.8 Å². The van der Waals surface area contributed by atoms with Crippen molar-refractivity contribution in [2.75, 3.05) is 13.1 Å². The van der Waals surface area contributed by atoms with E-state index in [-0.39, 0.29) is 25.9 Å². The fraction of sp³-hybridized carbons (Fsp3) is 0.688. The van der Waals surface area contributed by atoms with Gasteiger partial charge < -0.3 is 20.1 Å². The normalized spacial score (nSPS) is 20.2. The van der Waals surface area contributed by atoms with Gasteiger partial charge in [0.1, 0.15) is 17.8 Å². The maximum Gasteiger partial charge on any atom is 0.408 e. The van der Waals surface area contributed by atoms with Crippen LogP contribution in [0.5, 0.6) is 0 Å². The summed E-state index contributed by atoms with van der Waals surface area (Å²) in [6, 6.07) is -1.35. The van der Waals surface area contributed by atoms with Gasteiger partial charge >= 0.3 is 12.1 Å². The molecule has 3 atom stereocenters. The highest BCUT2D eigenvalue weighted by Gasteiger charge is 2.39. The van der Waals surface area contributed by atoms with Crippen molar-refractivity contribution in [3.05, 3.63) is 12.7 Å². The fourth-order valence-corrected chi connectivity index (χ4v) is 2.44. The molecule has 0 aromatic rings. The molecule has 1 saturated heterocycles. The molecule has 0 radical (unpaired) electrons. The van der Waals surface area contributed by atoms with Gasteiger partial charge in [-0.05, 0) is 33.6 Å². The van der Waals surface area contributed by atoms with Crippen LogP contribution in [0, 0.1) is 5.92 Å². The fourth-order valence-electron chi connectivity index (χ4n) is 2.44. The van der Waals surface area contributed by atoms with Crippen LogP contribution in [-0.2, 0) is 14.3 Å². The maximum absolute atomic E-state index is 13.4. The number of hydrogen-bond acceptors (Lipinski definition) is 4. The van der Waals surface area contributed by atoms with E-state index in [9.17, 15) is 23.9 Å². The quantitative estimate of drug-likeness (QED) is 0.715. The van der Waals surface area contributed by atoms with Crippen molar-refractivity contribution in [1.82, 2.24) is 10.2 Å². The van der Waals surface area contributed by atoms with E-state index in [4.69, 9.17) is 4.74 Å². The van der Waals surface area contributed by atoms with E-state index in [0.29, 0.717) is 0 Å². The Labute approximate surface area is 140 Å². The molecule has 1 rings (SSSR count). The van der Waals surface area contributed by atoms with Crippen molar-refractivity contribution in [3.63, 3.8) is 0 Å². The second-order valence-corrected chi connectivity index (χ2v) is 6.76. The first-order valence-electron chi connectivity index (χ1n) is 7.81. The summed E-state index contributed by atoms with van der Waals surface area (Å²) in [5, 5.41) is 11.7. The smallest absolute Gasteiger partial charge is 0.408 e. The molecule has 1 fully saturated rings. The van der Waals surface area contributed by atoms with E-state index in [1.165, 1.54) is 11.0 Å². The number of carboxylic acids is 1. The number of aliphatic carboxylic acids is 1. The van der Waals surface area contributed by atoms with Gasteiger partial charge in [0.25, 0.3) is 0 Å². The van der Waals surface area contributed by atoms with Gasteiger partial charge in [-0.2, -0.15) is 0 Å². The molecule has 0 aromatic carbocycles. The Bertz CT molecular complexity index is 503. The van der Waals surface area contributed by atoms with Crippen molar-refractivity contribution in [2.24, 2.45) is 5.92 Å². The lowest BCUT2D eigenvalue weighted by molar-refractivity contribution is -0.147. The third-order valence-electron chi connectivity index (χ3n) is 3.52. The minimum absolute atomic E-state index is 0.0194. The van der Waals surface area contributed by atoms with Crippen molar-refractivity contribution < 1.29 is 28.6 Å². The van der Waals surface area contributed by atoms with Gasteiger partial charge in [0.15, 0.2) is 0 Å². The van der Waals surface area contributed by atoms with Crippen LogP contribution < -0.4 is 5.32 Å². The van der Waals surface area contributed by atoms with Gasteiger partial charge in [-0.1, -0.05) is 6.08 Å². The van der Waals surface area contributed by atoms with Gasteiger partial charge in [0.2, 0.25) is 5.91 Å². The lowest BCUT2D eigenvalue weighted by atomic mass is 9.95. The van der Waals surface area contributed by atoms with Crippen molar-refractivity contribution >= 4 is 18.0 Å². The number of likely N-dealkylation sites (tertiary alicyclic amines) is 1. The summed E-state index contributed by atoms with van der Waals surface area (Å²) in [5.41, 5.74) is -0.799. The van der Waals surface area contributed by atoms with Crippen LogP contribution in [0.4, 0.5) is 9.18 Å². The number of carbonyl (C=O) groups excluding carboxylic acids is 2. The molecule has 136 valence electrons. The predicted molar refractivity (Wildman–Crippen MR) is 85.2 cm³/mol. The monoisotopic (exact) mass is 344 g/mol. The Kier molecular flexibility index (Phi) is 6.74. The molecule has 1 aliphatic heterocycles. The molecule has 2 N–H and O–H groups in total. The Hall–Kier alpha value is -2.12. The first-order valence-corrected chi connectivity index (χ1v) is 7.81. The van der Waals surface area contributed by atoms with Crippen molar-refractivity contribution in [2.45, 2.75) is 51.4 Å². The summed E-state index contributed by atoms with van der Waals surface area (Å²) in [7, 11) is 0. The number of allylic oxidation sites excluding steroid dienone is 1. The molecule has 0 unspecified atom stereocenters. The minimum atomic E-state index is -1.35. The summed E-state index contributed by atoms with van der Waals surface area (Å²) in [4.78, 5) is 37.3. The molecule has 0 spiro atoms. The molecule has 24 heavy (non-hydrogen) atoms. The first-order chi connectivity index (χ1) is 11.0. The lowest BCUT2D eigenvalue weighted by Gasteiger charge is -2.29.